The molecular weight excluding hydrogens is 266 g/mol. The van der Waals surface area contributed by atoms with Crippen molar-refractivity contribution in [2.24, 2.45) is 7.05 Å². The van der Waals surface area contributed by atoms with E-state index in [0.29, 0.717) is 6.61 Å². The van der Waals surface area contributed by atoms with Gasteiger partial charge in [-0.3, -0.25) is 4.68 Å². The van der Waals surface area contributed by atoms with E-state index in [4.69, 9.17) is 4.74 Å². The summed E-state index contributed by atoms with van der Waals surface area (Å²) in [7, 11) is 1.87. The van der Waals surface area contributed by atoms with Crippen molar-refractivity contribution in [1.29, 1.82) is 0 Å². The number of aryl methyl sites for hydroxylation is 1. The first kappa shape index (κ1) is 13.9. The number of para-hydroxylation sites is 2. The molecule has 0 unspecified atom stereocenters. The molecule has 1 saturated heterocycles. The Hall–Kier alpha value is -2.08. The molecule has 112 valence electrons. The number of ether oxygens (including phenoxy) is 1. The Morgan fingerprint density at radius 1 is 1.24 bits per heavy atom. The molecule has 0 atom stereocenters. The fourth-order valence-electron chi connectivity index (χ4n) is 2.52. The van der Waals surface area contributed by atoms with Crippen LogP contribution in [0.25, 0.3) is 0 Å². The second-order valence-electron chi connectivity index (χ2n) is 5.15. The van der Waals surface area contributed by atoms with Gasteiger partial charge in [-0.25, -0.2) is 4.98 Å². The molecule has 2 aromatic rings. The van der Waals surface area contributed by atoms with E-state index >= 15 is 0 Å². The van der Waals surface area contributed by atoms with E-state index in [9.17, 15) is 0 Å². The Bertz CT molecular complexity index is 575. The van der Waals surface area contributed by atoms with Crippen LogP contribution < -0.4 is 15.0 Å². The first-order valence-corrected chi connectivity index (χ1v) is 7.35. The quantitative estimate of drug-likeness (QED) is 0.915. The highest BCUT2D eigenvalue weighted by atomic mass is 16.5. The largest absolute Gasteiger partial charge is 0.483 e. The highest BCUT2D eigenvalue weighted by molar-refractivity contribution is 5.58. The first-order valence-electron chi connectivity index (χ1n) is 7.35. The maximum atomic E-state index is 5.97. The molecule has 0 bridgehead atoms. The van der Waals surface area contributed by atoms with Gasteiger partial charge in [0.15, 0.2) is 5.82 Å². The zero-order chi connectivity index (χ0) is 14.5. The number of nitrogens with zero attached hydrogens (tertiary/aromatic N) is 4. The molecule has 6 heteroatoms. The van der Waals surface area contributed by atoms with Crippen molar-refractivity contribution >= 4 is 5.69 Å². The third-order valence-corrected chi connectivity index (χ3v) is 3.71. The smallest absolute Gasteiger partial charge is 0.164 e. The molecular formula is C15H21N5O. The minimum absolute atomic E-state index is 0.430. The van der Waals surface area contributed by atoms with Crippen LogP contribution in [0.3, 0.4) is 0 Å². The Kier molecular flexibility index (Phi) is 4.35. The highest BCUT2D eigenvalue weighted by Gasteiger charge is 2.14. The van der Waals surface area contributed by atoms with Gasteiger partial charge in [0.1, 0.15) is 18.7 Å². The van der Waals surface area contributed by atoms with Gasteiger partial charge in [-0.05, 0) is 25.1 Å². The summed E-state index contributed by atoms with van der Waals surface area (Å²) >= 11 is 0. The molecule has 0 spiro atoms. The fraction of sp³-hybridized carbons (Fsp3) is 0.467. The van der Waals surface area contributed by atoms with E-state index in [1.165, 1.54) is 0 Å². The molecule has 6 nitrogen and oxygen atoms in total. The fourth-order valence-corrected chi connectivity index (χ4v) is 2.52. The summed E-state index contributed by atoms with van der Waals surface area (Å²) < 4.78 is 7.71. The zero-order valence-electron chi connectivity index (χ0n) is 12.3. The lowest BCUT2D eigenvalue weighted by Gasteiger charge is -2.24. The second kappa shape index (κ2) is 6.58. The van der Waals surface area contributed by atoms with Crippen LogP contribution in [0.1, 0.15) is 12.2 Å². The molecule has 1 aliphatic rings. The molecule has 1 aromatic carbocycles. The molecule has 21 heavy (non-hydrogen) atoms. The number of aromatic nitrogens is 3. The van der Waals surface area contributed by atoms with Gasteiger partial charge in [0.05, 0.1) is 5.69 Å². The molecule has 0 saturated carbocycles. The Labute approximate surface area is 124 Å². The summed E-state index contributed by atoms with van der Waals surface area (Å²) in [5.41, 5.74) is 1.16. The summed E-state index contributed by atoms with van der Waals surface area (Å²) in [6.07, 6.45) is 2.70. The number of rotatable bonds is 4. The van der Waals surface area contributed by atoms with Gasteiger partial charge in [-0.1, -0.05) is 12.1 Å². The Balaban J connectivity index is 1.74. The van der Waals surface area contributed by atoms with Crippen LogP contribution in [0, 0.1) is 0 Å². The lowest BCUT2D eigenvalue weighted by molar-refractivity contribution is 0.290. The third kappa shape index (κ3) is 3.33. The minimum Gasteiger partial charge on any atom is -0.483 e. The van der Waals surface area contributed by atoms with Crippen LogP contribution in [0.5, 0.6) is 5.75 Å². The number of nitrogens with one attached hydrogen (secondary N) is 1. The van der Waals surface area contributed by atoms with Crippen molar-refractivity contribution in [3.05, 3.63) is 36.4 Å². The lowest BCUT2D eigenvalue weighted by Crippen LogP contribution is -2.28. The summed E-state index contributed by atoms with van der Waals surface area (Å²) in [6.45, 7) is 4.58. The van der Waals surface area contributed by atoms with Gasteiger partial charge in [-0.15, -0.1) is 0 Å². The standard InChI is InChI=1S/C15H21N5O/c1-19-15(17-12-18-19)11-21-14-6-3-2-5-13(14)20-9-4-7-16-8-10-20/h2-3,5-6,12,16H,4,7-11H2,1H3. The van der Waals surface area contributed by atoms with Crippen molar-refractivity contribution in [1.82, 2.24) is 20.1 Å². The van der Waals surface area contributed by atoms with Crippen LogP contribution in [-0.4, -0.2) is 40.9 Å². The van der Waals surface area contributed by atoms with E-state index in [2.05, 4.69) is 32.4 Å². The number of hydrogen-bond donors (Lipinski definition) is 1. The van der Waals surface area contributed by atoms with Crippen molar-refractivity contribution in [2.45, 2.75) is 13.0 Å². The molecule has 1 aliphatic heterocycles. The Morgan fingerprint density at radius 3 is 3.00 bits per heavy atom. The van der Waals surface area contributed by atoms with Crippen molar-refractivity contribution in [3.63, 3.8) is 0 Å². The van der Waals surface area contributed by atoms with Crippen LogP contribution in [0.2, 0.25) is 0 Å². The van der Waals surface area contributed by atoms with Gasteiger partial charge in [-0.2, -0.15) is 5.10 Å². The van der Waals surface area contributed by atoms with Crippen molar-refractivity contribution in [3.8, 4) is 5.75 Å². The Morgan fingerprint density at radius 2 is 2.14 bits per heavy atom. The number of anilines is 1. The SMILES string of the molecule is Cn1ncnc1COc1ccccc1N1CCCNCC1. The zero-order valence-corrected chi connectivity index (χ0v) is 12.3. The average molecular weight is 287 g/mol. The van der Waals surface area contributed by atoms with Gasteiger partial charge < -0.3 is 15.0 Å². The summed E-state index contributed by atoms with van der Waals surface area (Å²) in [5.74, 6) is 1.73. The average Bonchev–Trinajstić information content (AvgIpc) is 2.77. The van der Waals surface area contributed by atoms with Crippen molar-refractivity contribution in [2.75, 3.05) is 31.1 Å². The highest BCUT2D eigenvalue weighted by Crippen LogP contribution is 2.28. The van der Waals surface area contributed by atoms with E-state index in [1.807, 2.05) is 19.2 Å². The predicted octanol–water partition coefficient (Wildman–Crippen LogP) is 1.19. The molecule has 0 amide bonds. The summed E-state index contributed by atoms with van der Waals surface area (Å²) in [4.78, 5) is 6.57. The molecule has 1 N–H and O–H groups in total. The van der Waals surface area contributed by atoms with Crippen molar-refractivity contribution < 1.29 is 4.74 Å². The third-order valence-electron chi connectivity index (χ3n) is 3.71. The van der Waals surface area contributed by atoms with Crippen LogP contribution in [0.15, 0.2) is 30.6 Å². The van der Waals surface area contributed by atoms with E-state index in [1.54, 1.807) is 11.0 Å². The van der Waals surface area contributed by atoms with E-state index in [0.717, 1.165) is 49.9 Å². The van der Waals surface area contributed by atoms with Gasteiger partial charge in [0.25, 0.3) is 0 Å². The summed E-state index contributed by atoms with van der Waals surface area (Å²) in [6, 6.07) is 8.20. The summed E-state index contributed by atoms with van der Waals surface area (Å²) in [5, 5.41) is 7.48. The maximum Gasteiger partial charge on any atom is 0.164 e. The van der Waals surface area contributed by atoms with Crippen LogP contribution >= 0.6 is 0 Å². The number of hydrogen-bond acceptors (Lipinski definition) is 5. The minimum atomic E-state index is 0.430. The topological polar surface area (TPSA) is 55.2 Å². The lowest BCUT2D eigenvalue weighted by atomic mass is 10.2. The predicted molar refractivity (Wildman–Crippen MR) is 81.5 cm³/mol. The van der Waals surface area contributed by atoms with Gasteiger partial charge in [0, 0.05) is 26.7 Å². The normalized spacial score (nSPS) is 15.8. The molecule has 1 fully saturated rings. The first-order chi connectivity index (χ1) is 10.3. The number of benzene rings is 1. The van der Waals surface area contributed by atoms with Crippen LogP contribution in [-0.2, 0) is 13.7 Å². The van der Waals surface area contributed by atoms with Gasteiger partial charge in [0.2, 0.25) is 0 Å². The van der Waals surface area contributed by atoms with Gasteiger partial charge >= 0.3 is 0 Å². The monoisotopic (exact) mass is 287 g/mol. The van der Waals surface area contributed by atoms with E-state index < -0.39 is 0 Å². The molecule has 0 radical (unpaired) electrons. The second-order valence-corrected chi connectivity index (χ2v) is 5.15. The van der Waals surface area contributed by atoms with Crippen LogP contribution in [0.4, 0.5) is 5.69 Å². The molecule has 0 aliphatic carbocycles. The molecule has 2 heterocycles. The van der Waals surface area contributed by atoms with E-state index in [-0.39, 0.29) is 0 Å². The molecule has 3 rings (SSSR count). The maximum absolute atomic E-state index is 5.97. The molecule has 1 aromatic heterocycles.